The number of benzene rings is 3. The van der Waals surface area contributed by atoms with Crippen molar-refractivity contribution in [2.75, 3.05) is 0 Å². The Morgan fingerprint density at radius 3 is 1.85 bits per heavy atom. The minimum absolute atomic E-state index is 1.16. The second-order valence-electron chi connectivity index (χ2n) is 6.61. The van der Waals surface area contributed by atoms with E-state index in [0.29, 0.717) is 0 Å². The van der Waals surface area contributed by atoms with E-state index in [9.17, 15) is 0 Å². The topological polar surface area (TPSA) is 0 Å². The third-order valence-corrected chi connectivity index (χ3v) is 10.2. The van der Waals surface area contributed by atoms with E-state index >= 15 is 0 Å². The highest BCUT2D eigenvalue weighted by Gasteiger charge is 2.49. The van der Waals surface area contributed by atoms with Crippen LogP contribution in [0.1, 0.15) is 12.5 Å². The van der Waals surface area contributed by atoms with Gasteiger partial charge in [-0.05, 0) is 38.8 Å². The van der Waals surface area contributed by atoms with Crippen molar-refractivity contribution < 1.29 is 0 Å². The first-order chi connectivity index (χ1) is 12.8. The van der Waals surface area contributed by atoms with Gasteiger partial charge in [-0.1, -0.05) is 110 Å². The zero-order valence-corrected chi connectivity index (χ0v) is 16.0. The average Bonchev–Trinajstić information content (AvgIpc) is 2.97. The zero-order valence-electron chi connectivity index (χ0n) is 15.0. The summed E-state index contributed by atoms with van der Waals surface area (Å²) >= 11 is 0. The monoisotopic (exact) mass is 350 g/mol. The van der Waals surface area contributed by atoms with Gasteiger partial charge in [0, 0.05) is 0 Å². The molecule has 0 aliphatic carbocycles. The molecule has 0 nitrogen and oxygen atoms in total. The van der Waals surface area contributed by atoms with Gasteiger partial charge in [-0.2, -0.15) is 0 Å². The Labute approximate surface area is 156 Å². The van der Waals surface area contributed by atoms with Gasteiger partial charge in [-0.3, -0.25) is 0 Å². The Kier molecular flexibility index (Phi) is 4.32. The second-order valence-corrected chi connectivity index (χ2v) is 10.3. The fraction of sp³-hybridized carbons (Fsp3) is 0.0400. The predicted molar refractivity (Wildman–Crippen MR) is 116 cm³/mol. The lowest BCUT2D eigenvalue weighted by Crippen LogP contribution is -2.66. The maximum atomic E-state index is 4.51. The van der Waals surface area contributed by atoms with E-state index in [0.717, 1.165) is 5.57 Å². The Hall–Kier alpha value is -2.90. The van der Waals surface area contributed by atoms with Crippen LogP contribution >= 0.6 is 0 Å². The number of rotatable bonds is 3. The molecule has 1 heterocycles. The van der Waals surface area contributed by atoms with Crippen LogP contribution in [0, 0.1) is 0 Å². The van der Waals surface area contributed by atoms with E-state index in [1.807, 2.05) is 0 Å². The van der Waals surface area contributed by atoms with Crippen LogP contribution in [0.5, 0.6) is 0 Å². The van der Waals surface area contributed by atoms with Gasteiger partial charge in [-0.25, -0.2) is 0 Å². The van der Waals surface area contributed by atoms with Crippen molar-refractivity contribution in [3.8, 4) is 0 Å². The molecule has 0 aromatic heterocycles. The van der Waals surface area contributed by atoms with Gasteiger partial charge in [0.1, 0.15) is 0 Å². The molecular weight excluding hydrogens is 328 g/mol. The van der Waals surface area contributed by atoms with Crippen LogP contribution in [0.25, 0.3) is 5.57 Å². The van der Waals surface area contributed by atoms with Gasteiger partial charge in [-0.15, -0.1) is 0 Å². The van der Waals surface area contributed by atoms with E-state index < -0.39 is 8.07 Å². The molecule has 0 atom stereocenters. The van der Waals surface area contributed by atoms with Crippen LogP contribution in [-0.2, 0) is 0 Å². The Balaban J connectivity index is 2.16. The summed E-state index contributed by atoms with van der Waals surface area (Å²) in [6, 6.07) is 30.8. The quantitative estimate of drug-likeness (QED) is 0.620. The molecular formula is C25H22Si. The molecule has 0 bridgehead atoms. The first-order valence-electron chi connectivity index (χ1n) is 9.03. The fourth-order valence-corrected chi connectivity index (χ4v) is 9.34. The first kappa shape index (κ1) is 16.6. The van der Waals surface area contributed by atoms with Crippen molar-refractivity contribution >= 4 is 29.2 Å². The molecule has 0 N–H and O–H groups in total. The van der Waals surface area contributed by atoms with Crippen LogP contribution in [0.15, 0.2) is 115 Å². The average molecular weight is 351 g/mol. The van der Waals surface area contributed by atoms with Crippen LogP contribution < -0.4 is 15.6 Å². The molecule has 26 heavy (non-hydrogen) atoms. The smallest absolute Gasteiger partial charge is 0.0912 e. The summed E-state index contributed by atoms with van der Waals surface area (Å²) in [5.74, 6) is 0. The van der Waals surface area contributed by atoms with Crippen molar-refractivity contribution in [2.45, 2.75) is 6.92 Å². The highest BCUT2D eigenvalue weighted by Crippen LogP contribution is 2.36. The lowest BCUT2D eigenvalue weighted by molar-refractivity contribution is 1.68. The highest BCUT2D eigenvalue weighted by atomic mass is 28.3. The molecule has 1 aliphatic rings. The summed E-state index contributed by atoms with van der Waals surface area (Å²) in [6.07, 6.45) is 6.53. The summed E-state index contributed by atoms with van der Waals surface area (Å²) in [5, 5.41) is 5.65. The summed E-state index contributed by atoms with van der Waals surface area (Å²) in [5.41, 5.74) is 2.46. The van der Waals surface area contributed by atoms with Crippen molar-refractivity contribution in [2.24, 2.45) is 0 Å². The van der Waals surface area contributed by atoms with E-state index in [1.165, 1.54) is 26.3 Å². The maximum Gasteiger partial charge on any atom is 0.180 e. The normalized spacial score (nSPS) is 17.0. The van der Waals surface area contributed by atoms with Gasteiger partial charge in [0.15, 0.2) is 8.07 Å². The predicted octanol–water partition coefficient (Wildman–Crippen LogP) is 4.23. The zero-order chi connectivity index (χ0) is 18.0. The number of allylic oxidation sites excluding steroid dienone is 5. The molecule has 126 valence electrons. The Morgan fingerprint density at radius 1 is 0.731 bits per heavy atom. The SMILES string of the molecule is C=C1/C(=C\C=C/C)[Si](c2ccccc2)(c2ccccc2)c2ccccc21. The largest absolute Gasteiger partial charge is 0.180 e. The van der Waals surface area contributed by atoms with Crippen LogP contribution in [-0.4, -0.2) is 8.07 Å². The van der Waals surface area contributed by atoms with Crippen molar-refractivity contribution in [1.82, 2.24) is 0 Å². The lowest BCUT2D eigenvalue weighted by atomic mass is 10.1. The lowest BCUT2D eigenvalue weighted by Gasteiger charge is -2.31. The van der Waals surface area contributed by atoms with E-state index in [4.69, 9.17) is 0 Å². The van der Waals surface area contributed by atoms with Crippen LogP contribution in [0.4, 0.5) is 0 Å². The summed E-state index contributed by atoms with van der Waals surface area (Å²) in [6.45, 7) is 6.57. The summed E-state index contributed by atoms with van der Waals surface area (Å²) in [4.78, 5) is 0. The van der Waals surface area contributed by atoms with Crippen LogP contribution in [0.3, 0.4) is 0 Å². The molecule has 1 aliphatic heterocycles. The molecule has 4 rings (SSSR count). The molecule has 3 aromatic carbocycles. The minimum Gasteiger partial charge on any atom is -0.0912 e. The molecule has 0 unspecified atom stereocenters. The summed E-state index contributed by atoms with van der Waals surface area (Å²) < 4.78 is 0. The Bertz CT molecular complexity index is 955. The van der Waals surface area contributed by atoms with Gasteiger partial charge in [0.05, 0.1) is 0 Å². The first-order valence-corrected chi connectivity index (χ1v) is 11.0. The fourth-order valence-electron chi connectivity index (χ4n) is 4.17. The molecule has 0 radical (unpaired) electrons. The number of fused-ring (bicyclic) bond motifs is 1. The third kappa shape index (κ3) is 2.36. The van der Waals surface area contributed by atoms with E-state index in [-0.39, 0.29) is 0 Å². The third-order valence-electron chi connectivity index (χ3n) is 5.25. The van der Waals surface area contributed by atoms with Crippen molar-refractivity contribution in [3.05, 3.63) is 120 Å². The molecule has 3 aromatic rings. The highest BCUT2D eigenvalue weighted by molar-refractivity contribution is 7.19. The van der Waals surface area contributed by atoms with Gasteiger partial charge in [0.2, 0.25) is 0 Å². The molecule has 0 saturated carbocycles. The van der Waals surface area contributed by atoms with Gasteiger partial charge in [0.25, 0.3) is 0 Å². The van der Waals surface area contributed by atoms with Crippen LogP contribution in [0.2, 0.25) is 0 Å². The Morgan fingerprint density at radius 2 is 1.27 bits per heavy atom. The van der Waals surface area contributed by atoms with E-state index in [1.54, 1.807) is 0 Å². The molecule has 0 fully saturated rings. The van der Waals surface area contributed by atoms with Crippen molar-refractivity contribution in [1.29, 1.82) is 0 Å². The molecule has 0 saturated heterocycles. The molecule has 0 amide bonds. The minimum atomic E-state index is -2.32. The summed E-state index contributed by atoms with van der Waals surface area (Å²) in [7, 11) is -2.32. The number of hydrogen-bond acceptors (Lipinski definition) is 0. The van der Waals surface area contributed by atoms with E-state index in [2.05, 4.69) is 117 Å². The van der Waals surface area contributed by atoms with Gasteiger partial charge < -0.3 is 0 Å². The maximum absolute atomic E-state index is 4.51. The van der Waals surface area contributed by atoms with Crippen molar-refractivity contribution in [3.63, 3.8) is 0 Å². The molecule has 1 heteroatoms. The van der Waals surface area contributed by atoms with Gasteiger partial charge >= 0.3 is 0 Å². The second kappa shape index (κ2) is 6.78. The molecule has 0 spiro atoms. The number of hydrogen-bond donors (Lipinski definition) is 0. The standard InChI is InChI=1S/C25H22Si/c1-3-4-18-24-20(2)23-17-11-12-19-25(23)26(24,21-13-7-5-8-14-21)22-15-9-6-10-16-22/h3-19H,2H2,1H3/b4-3-,24-18+.